The topological polar surface area (TPSA) is 82.8 Å². The molecule has 1 fully saturated rings. The second-order valence-electron chi connectivity index (χ2n) is 5.24. The van der Waals surface area contributed by atoms with E-state index < -0.39 is 10.0 Å². The van der Waals surface area contributed by atoms with Gasteiger partial charge in [-0.05, 0) is 54.3 Å². The van der Waals surface area contributed by atoms with Gasteiger partial charge in [-0.25, -0.2) is 13.1 Å². The van der Waals surface area contributed by atoms with Crippen LogP contribution >= 0.6 is 15.9 Å². The first-order valence-electron chi connectivity index (χ1n) is 7.07. The second kappa shape index (κ2) is 7.23. The van der Waals surface area contributed by atoms with Crippen LogP contribution in [0.1, 0.15) is 25.5 Å². The van der Waals surface area contributed by atoms with Crippen LogP contribution in [-0.4, -0.2) is 44.6 Å². The number of rotatable bonds is 6. The number of hydrogen-bond acceptors (Lipinski definition) is 5. The predicted molar refractivity (Wildman–Crippen MR) is 82.4 cm³/mol. The van der Waals surface area contributed by atoms with Crippen LogP contribution in [0.3, 0.4) is 0 Å². The number of hydrogen-bond donors (Lipinski definition) is 2. The largest absolute Gasteiger partial charge is 0.450 e. The molecule has 1 aromatic rings. The number of likely N-dealkylation sites (tertiary alicyclic amines) is 1. The molecule has 1 aliphatic rings. The summed E-state index contributed by atoms with van der Waals surface area (Å²) in [5, 5.41) is 8.99. The Balaban J connectivity index is 1.94. The summed E-state index contributed by atoms with van der Waals surface area (Å²) in [6.07, 6.45) is 2.01. The Hall–Kier alpha value is -0.410. The Bertz CT molecular complexity index is 565. The quantitative estimate of drug-likeness (QED) is 0.781. The molecule has 0 amide bonds. The monoisotopic (exact) mass is 380 g/mol. The molecule has 0 unspecified atom stereocenters. The fraction of sp³-hybridized carbons (Fsp3) is 0.692. The summed E-state index contributed by atoms with van der Waals surface area (Å²) in [6, 6.07) is 1.34. The molecule has 0 aliphatic carbocycles. The van der Waals surface area contributed by atoms with Crippen molar-refractivity contribution < 1.29 is 17.9 Å². The number of piperidine rings is 1. The van der Waals surface area contributed by atoms with Crippen LogP contribution in [0.5, 0.6) is 0 Å². The van der Waals surface area contributed by atoms with Crippen LogP contribution in [0.15, 0.2) is 20.0 Å². The van der Waals surface area contributed by atoms with Crippen molar-refractivity contribution in [2.75, 3.05) is 26.2 Å². The van der Waals surface area contributed by atoms with Gasteiger partial charge in [0.2, 0.25) is 10.0 Å². The number of nitrogens with one attached hydrogen (secondary N) is 1. The molecular formula is C13H21BrN2O4S. The Morgan fingerprint density at radius 2 is 2.14 bits per heavy atom. The summed E-state index contributed by atoms with van der Waals surface area (Å²) < 4.78 is 32.4. The molecule has 21 heavy (non-hydrogen) atoms. The summed E-state index contributed by atoms with van der Waals surface area (Å²) in [7, 11) is -3.61. The molecule has 0 bridgehead atoms. The summed E-state index contributed by atoms with van der Waals surface area (Å²) in [4.78, 5) is 2.41. The minimum Gasteiger partial charge on any atom is -0.450 e. The average molecular weight is 381 g/mol. The highest BCUT2D eigenvalue weighted by atomic mass is 79.9. The first kappa shape index (κ1) is 17.0. The van der Waals surface area contributed by atoms with E-state index in [0.29, 0.717) is 12.5 Å². The van der Waals surface area contributed by atoms with Gasteiger partial charge < -0.3 is 14.4 Å². The minimum absolute atomic E-state index is 0.0394. The zero-order chi connectivity index (χ0) is 15.5. The fourth-order valence-corrected chi connectivity index (χ4v) is 4.58. The second-order valence-corrected chi connectivity index (χ2v) is 7.69. The lowest BCUT2D eigenvalue weighted by Gasteiger charge is -2.30. The number of nitrogens with zero attached hydrogens (tertiary/aromatic N) is 1. The number of sulfonamides is 1. The van der Waals surface area contributed by atoms with Gasteiger partial charge in [0.25, 0.3) is 0 Å². The zero-order valence-corrected chi connectivity index (χ0v) is 14.4. The van der Waals surface area contributed by atoms with Gasteiger partial charge in [0.05, 0.1) is 0 Å². The lowest BCUT2D eigenvalue weighted by molar-refractivity contribution is 0.193. The zero-order valence-electron chi connectivity index (χ0n) is 12.0. The van der Waals surface area contributed by atoms with Crippen molar-refractivity contribution in [2.24, 2.45) is 5.92 Å². The number of aliphatic hydroxyl groups is 1. The molecule has 2 N–H and O–H groups in total. The van der Waals surface area contributed by atoms with Crippen molar-refractivity contribution in [1.82, 2.24) is 9.62 Å². The molecule has 6 nitrogen and oxygen atoms in total. The third-order valence-electron chi connectivity index (χ3n) is 3.87. The van der Waals surface area contributed by atoms with Crippen LogP contribution in [0, 0.1) is 5.92 Å². The SMILES string of the molecule is CCN1CCC(CNS(=O)(=O)c2cc(CO)oc2Br)CC1. The molecule has 2 heterocycles. The van der Waals surface area contributed by atoms with Gasteiger partial charge in [-0.15, -0.1) is 0 Å². The van der Waals surface area contributed by atoms with Crippen molar-refractivity contribution >= 4 is 26.0 Å². The highest BCUT2D eigenvalue weighted by Gasteiger charge is 2.25. The summed E-state index contributed by atoms with van der Waals surface area (Å²) in [5.74, 6) is 0.587. The lowest BCUT2D eigenvalue weighted by Crippen LogP contribution is -2.38. The number of halogens is 1. The molecule has 0 spiro atoms. The normalized spacial score (nSPS) is 18.2. The molecule has 0 saturated carbocycles. The van der Waals surface area contributed by atoms with E-state index in [0.717, 1.165) is 32.5 Å². The van der Waals surface area contributed by atoms with Crippen LogP contribution in [-0.2, 0) is 16.6 Å². The van der Waals surface area contributed by atoms with E-state index in [4.69, 9.17) is 9.52 Å². The maximum atomic E-state index is 12.3. The molecule has 2 rings (SSSR count). The van der Waals surface area contributed by atoms with E-state index in [-0.39, 0.29) is 21.9 Å². The predicted octanol–water partition coefficient (Wildman–Crippen LogP) is 1.54. The van der Waals surface area contributed by atoms with E-state index in [1.165, 1.54) is 6.07 Å². The van der Waals surface area contributed by atoms with Crippen molar-refractivity contribution in [2.45, 2.75) is 31.3 Å². The van der Waals surface area contributed by atoms with Crippen molar-refractivity contribution in [3.8, 4) is 0 Å². The Morgan fingerprint density at radius 1 is 1.48 bits per heavy atom. The van der Waals surface area contributed by atoms with E-state index in [1.54, 1.807) is 0 Å². The van der Waals surface area contributed by atoms with E-state index in [9.17, 15) is 8.42 Å². The molecule has 0 radical (unpaired) electrons. The van der Waals surface area contributed by atoms with Gasteiger partial charge in [-0.1, -0.05) is 6.92 Å². The molecular weight excluding hydrogens is 360 g/mol. The smallest absolute Gasteiger partial charge is 0.244 e. The Morgan fingerprint density at radius 3 is 2.67 bits per heavy atom. The highest BCUT2D eigenvalue weighted by molar-refractivity contribution is 9.10. The van der Waals surface area contributed by atoms with Gasteiger partial charge in [0.1, 0.15) is 17.3 Å². The van der Waals surface area contributed by atoms with Crippen LogP contribution < -0.4 is 4.72 Å². The van der Waals surface area contributed by atoms with Crippen LogP contribution in [0.25, 0.3) is 0 Å². The fourth-order valence-electron chi connectivity index (χ4n) is 2.47. The molecule has 0 aromatic carbocycles. The third-order valence-corrected chi connectivity index (χ3v) is 6.15. The van der Waals surface area contributed by atoms with Gasteiger partial charge in [0.15, 0.2) is 4.67 Å². The van der Waals surface area contributed by atoms with E-state index in [1.807, 2.05) is 0 Å². The van der Waals surface area contributed by atoms with E-state index in [2.05, 4.69) is 32.5 Å². The van der Waals surface area contributed by atoms with E-state index >= 15 is 0 Å². The first-order valence-corrected chi connectivity index (χ1v) is 9.35. The summed E-state index contributed by atoms with van der Waals surface area (Å²) in [5.41, 5.74) is 0. The van der Waals surface area contributed by atoms with Crippen LogP contribution in [0.4, 0.5) is 0 Å². The molecule has 0 atom stereocenters. The molecule has 1 aliphatic heterocycles. The molecule has 1 aromatic heterocycles. The highest BCUT2D eigenvalue weighted by Crippen LogP contribution is 2.26. The van der Waals surface area contributed by atoms with Crippen LogP contribution in [0.2, 0.25) is 0 Å². The van der Waals surface area contributed by atoms with Gasteiger partial charge in [-0.2, -0.15) is 0 Å². The number of aliphatic hydroxyl groups excluding tert-OH is 1. The van der Waals surface area contributed by atoms with Crippen molar-refractivity contribution in [1.29, 1.82) is 0 Å². The molecule has 1 saturated heterocycles. The maximum absolute atomic E-state index is 12.3. The first-order chi connectivity index (χ1) is 9.96. The number of furan rings is 1. The summed E-state index contributed by atoms with van der Waals surface area (Å²) in [6.45, 7) is 5.33. The Labute approximate surface area is 133 Å². The molecule has 120 valence electrons. The van der Waals surface area contributed by atoms with Gasteiger partial charge in [0, 0.05) is 12.6 Å². The lowest BCUT2D eigenvalue weighted by atomic mass is 9.97. The standard InChI is InChI=1S/C13H21BrN2O4S/c1-2-16-5-3-10(4-6-16)8-15-21(18,19)12-7-11(9-17)20-13(12)14/h7,10,15,17H,2-6,8-9H2,1H3. The molecule has 8 heteroatoms. The maximum Gasteiger partial charge on any atom is 0.244 e. The third kappa shape index (κ3) is 4.29. The summed E-state index contributed by atoms with van der Waals surface area (Å²) >= 11 is 3.07. The van der Waals surface area contributed by atoms with Crippen molar-refractivity contribution in [3.63, 3.8) is 0 Å². The van der Waals surface area contributed by atoms with Crippen molar-refractivity contribution in [3.05, 3.63) is 16.5 Å². The average Bonchev–Trinajstić information content (AvgIpc) is 2.88. The Kier molecular flexibility index (Phi) is 5.84. The van der Waals surface area contributed by atoms with Gasteiger partial charge >= 0.3 is 0 Å². The van der Waals surface area contributed by atoms with Gasteiger partial charge in [-0.3, -0.25) is 0 Å². The minimum atomic E-state index is -3.61.